The first-order valence-electron chi connectivity index (χ1n) is 11.9. The molecular formula is C27H43NO5. The van der Waals surface area contributed by atoms with Crippen LogP contribution in [0.5, 0.6) is 0 Å². The van der Waals surface area contributed by atoms with Crippen LogP contribution in [-0.4, -0.2) is 68.5 Å². The lowest BCUT2D eigenvalue weighted by Gasteiger charge is -2.54. The summed E-state index contributed by atoms with van der Waals surface area (Å²) in [7, 11) is 0. The normalized spacial score (nSPS) is 19.3. The molecule has 1 saturated heterocycles. The summed E-state index contributed by atoms with van der Waals surface area (Å²) in [6.45, 7) is 19.9. The highest BCUT2D eigenvalue weighted by Crippen LogP contribution is 2.41. The first kappa shape index (κ1) is 27.7. The number of rotatable bonds is 16. The Morgan fingerprint density at radius 3 is 2.00 bits per heavy atom. The van der Waals surface area contributed by atoms with Gasteiger partial charge in [-0.25, -0.2) is 0 Å². The van der Waals surface area contributed by atoms with Gasteiger partial charge >= 0.3 is 0 Å². The van der Waals surface area contributed by atoms with Gasteiger partial charge in [0.1, 0.15) is 6.10 Å². The molecule has 0 amide bonds. The summed E-state index contributed by atoms with van der Waals surface area (Å²) in [5.41, 5.74) is 0.664. The van der Waals surface area contributed by atoms with Gasteiger partial charge in [0.15, 0.2) is 0 Å². The third kappa shape index (κ3) is 9.32. The van der Waals surface area contributed by atoms with Crippen LogP contribution in [0.25, 0.3) is 0 Å². The molecule has 1 unspecified atom stereocenters. The molecule has 0 spiro atoms. The van der Waals surface area contributed by atoms with E-state index in [2.05, 4.69) is 58.0 Å². The fourth-order valence-corrected chi connectivity index (χ4v) is 4.47. The van der Waals surface area contributed by atoms with Crippen LogP contribution in [0.1, 0.15) is 52.2 Å². The Morgan fingerprint density at radius 1 is 0.879 bits per heavy atom. The Morgan fingerprint density at radius 2 is 1.42 bits per heavy atom. The number of nitrogens with zero attached hydrogens (tertiary/aromatic N) is 1. The molecule has 1 atom stereocenters. The average Bonchev–Trinajstić information content (AvgIpc) is 2.77. The van der Waals surface area contributed by atoms with Gasteiger partial charge in [-0.15, -0.1) is 13.2 Å². The van der Waals surface area contributed by atoms with Crippen molar-refractivity contribution in [3.05, 3.63) is 61.2 Å². The molecule has 1 aromatic rings. The van der Waals surface area contributed by atoms with Gasteiger partial charge in [-0.1, -0.05) is 42.5 Å². The predicted octanol–water partition coefficient (Wildman–Crippen LogP) is 5.12. The molecule has 1 aromatic carbocycles. The summed E-state index contributed by atoms with van der Waals surface area (Å²) < 4.78 is 23.0. The molecule has 0 aliphatic carbocycles. The molecule has 186 valence electrons. The third-order valence-electron chi connectivity index (χ3n) is 5.65. The van der Waals surface area contributed by atoms with E-state index in [1.807, 2.05) is 18.2 Å². The average molecular weight is 462 g/mol. The van der Waals surface area contributed by atoms with E-state index in [-0.39, 0.29) is 23.3 Å². The molecule has 1 heterocycles. The van der Waals surface area contributed by atoms with E-state index in [0.717, 1.165) is 18.4 Å². The third-order valence-corrected chi connectivity index (χ3v) is 5.65. The molecule has 0 aromatic heterocycles. The zero-order valence-corrected chi connectivity index (χ0v) is 21.0. The summed E-state index contributed by atoms with van der Waals surface area (Å²) in [4.78, 5) is 6.70. The Balaban J connectivity index is 2.01. The maximum Gasteiger partial charge on any atom is 0.128 e. The minimum Gasteiger partial charge on any atom is -0.376 e. The largest absolute Gasteiger partial charge is 0.376 e. The SMILES string of the molecule is C=CCOCCOCC(ON1C(C)(C)CC(OCCOCC=C)CC1(C)C)c1ccccc1. The minimum atomic E-state index is -0.214. The van der Waals surface area contributed by atoms with Crippen molar-refractivity contribution >= 4 is 0 Å². The summed E-state index contributed by atoms with van der Waals surface area (Å²) >= 11 is 0. The summed E-state index contributed by atoms with van der Waals surface area (Å²) in [6.07, 6.45) is 5.17. The van der Waals surface area contributed by atoms with E-state index >= 15 is 0 Å². The number of benzene rings is 1. The quantitative estimate of drug-likeness (QED) is 0.252. The zero-order chi connectivity index (χ0) is 24.2. The fourth-order valence-electron chi connectivity index (χ4n) is 4.47. The van der Waals surface area contributed by atoms with Crippen molar-refractivity contribution in [3.63, 3.8) is 0 Å². The second-order valence-corrected chi connectivity index (χ2v) is 9.63. The first-order valence-corrected chi connectivity index (χ1v) is 11.9. The second kappa shape index (κ2) is 14.0. The monoisotopic (exact) mass is 461 g/mol. The van der Waals surface area contributed by atoms with Crippen molar-refractivity contribution in [1.82, 2.24) is 5.06 Å². The molecule has 33 heavy (non-hydrogen) atoms. The molecule has 6 nitrogen and oxygen atoms in total. The van der Waals surface area contributed by atoms with Crippen molar-refractivity contribution in [2.45, 2.75) is 63.8 Å². The highest BCUT2D eigenvalue weighted by atomic mass is 16.7. The van der Waals surface area contributed by atoms with Crippen molar-refractivity contribution in [1.29, 1.82) is 0 Å². The van der Waals surface area contributed by atoms with Crippen LogP contribution in [0.3, 0.4) is 0 Å². The van der Waals surface area contributed by atoms with Crippen LogP contribution in [-0.2, 0) is 23.8 Å². The molecule has 1 fully saturated rings. The van der Waals surface area contributed by atoms with Gasteiger partial charge in [-0.3, -0.25) is 4.84 Å². The predicted molar refractivity (Wildman–Crippen MR) is 132 cm³/mol. The molecule has 1 aliphatic heterocycles. The van der Waals surface area contributed by atoms with Crippen molar-refractivity contribution < 1.29 is 23.8 Å². The van der Waals surface area contributed by atoms with E-state index in [0.29, 0.717) is 46.2 Å². The Hall–Kier alpha value is -1.54. The lowest BCUT2D eigenvalue weighted by atomic mass is 9.80. The molecule has 2 rings (SSSR count). The molecule has 6 heteroatoms. The van der Waals surface area contributed by atoms with Crippen LogP contribution in [0.4, 0.5) is 0 Å². The molecule has 0 bridgehead atoms. The van der Waals surface area contributed by atoms with Gasteiger partial charge in [-0.2, -0.15) is 5.06 Å². The standard InChI is InChI=1S/C27H43NO5/c1-7-14-29-16-17-31-22-25(23-12-10-9-11-13-23)33-28-26(3,4)20-24(21-27(28,5)6)32-19-18-30-15-8-2/h7-13,24-25H,1-2,14-22H2,3-6H3. The molecule has 0 saturated carbocycles. The second-order valence-electron chi connectivity index (χ2n) is 9.63. The Kier molecular flexibility index (Phi) is 11.7. The molecule has 0 N–H and O–H groups in total. The smallest absolute Gasteiger partial charge is 0.128 e. The minimum absolute atomic E-state index is 0.149. The van der Waals surface area contributed by atoms with Gasteiger partial charge in [0, 0.05) is 11.1 Å². The van der Waals surface area contributed by atoms with Crippen LogP contribution in [0.15, 0.2) is 55.6 Å². The molecular weight excluding hydrogens is 418 g/mol. The van der Waals surface area contributed by atoms with E-state index in [4.69, 9.17) is 23.8 Å². The van der Waals surface area contributed by atoms with Crippen LogP contribution in [0.2, 0.25) is 0 Å². The topological polar surface area (TPSA) is 49.4 Å². The van der Waals surface area contributed by atoms with Gasteiger partial charge in [0.25, 0.3) is 0 Å². The zero-order valence-electron chi connectivity index (χ0n) is 21.0. The van der Waals surface area contributed by atoms with Crippen LogP contribution >= 0.6 is 0 Å². The number of piperidine rings is 1. The summed E-state index contributed by atoms with van der Waals surface area (Å²) in [6, 6.07) is 10.2. The van der Waals surface area contributed by atoms with Crippen molar-refractivity contribution in [2.24, 2.45) is 0 Å². The van der Waals surface area contributed by atoms with E-state index in [1.54, 1.807) is 12.2 Å². The highest BCUT2D eigenvalue weighted by Gasteiger charge is 2.48. The lowest BCUT2D eigenvalue weighted by Crippen LogP contribution is -2.62. The summed E-state index contributed by atoms with van der Waals surface area (Å²) in [5.74, 6) is 0. The van der Waals surface area contributed by atoms with Gasteiger partial charge in [0.2, 0.25) is 0 Å². The van der Waals surface area contributed by atoms with Gasteiger partial charge < -0.3 is 18.9 Å². The Bertz CT molecular complexity index is 673. The van der Waals surface area contributed by atoms with Gasteiger partial charge in [0.05, 0.1) is 52.4 Å². The Labute approximate surface area is 200 Å². The molecule has 1 aliphatic rings. The van der Waals surface area contributed by atoms with Crippen LogP contribution < -0.4 is 0 Å². The molecule has 0 radical (unpaired) electrons. The van der Waals surface area contributed by atoms with E-state index in [9.17, 15) is 0 Å². The van der Waals surface area contributed by atoms with Crippen molar-refractivity contribution in [3.8, 4) is 0 Å². The summed E-state index contributed by atoms with van der Waals surface area (Å²) in [5, 5.41) is 2.16. The number of ether oxygens (including phenoxy) is 4. The maximum absolute atomic E-state index is 6.70. The fraction of sp³-hybridized carbons (Fsp3) is 0.630. The first-order chi connectivity index (χ1) is 15.8. The van der Waals surface area contributed by atoms with E-state index < -0.39 is 0 Å². The number of hydrogen-bond donors (Lipinski definition) is 0. The maximum atomic E-state index is 6.70. The van der Waals surface area contributed by atoms with Crippen LogP contribution in [0, 0.1) is 0 Å². The number of hydrogen-bond acceptors (Lipinski definition) is 6. The lowest BCUT2D eigenvalue weighted by molar-refractivity contribution is -0.324. The van der Waals surface area contributed by atoms with Crippen molar-refractivity contribution in [2.75, 3.05) is 46.2 Å². The van der Waals surface area contributed by atoms with E-state index in [1.165, 1.54) is 0 Å². The highest BCUT2D eigenvalue weighted by molar-refractivity contribution is 5.17. The number of hydroxylamine groups is 2. The van der Waals surface area contributed by atoms with Gasteiger partial charge in [-0.05, 0) is 46.1 Å².